The van der Waals surface area contributed by atoms with Crippen LogP contribution in [0.1, 0.15) is 24.4 Å². The zero-order chi connectivity index (χ0) is 13.0. The molecule has 0 aliphatic rings. The predicted octanol–water partition coefficient (Wildman–Crippen LogP) is 2.73. The summed E-state index contributed by atoms with van der Waals surface area (Å²) in [4.78, 5) is 15.9. The van der Waals surface area contributed by atoms with E-state index in [4.69, 9.17) is 4.42 Å². The second-order valence-electron chi connectivity index (χ2n) is 4.50. The smallest absolute Gasteiger partial charge is 0.288 e. The second-order valence-corrected chi connectivity index (χ2v) is 4.50. The van der Waals surface area contributed by atoms with Crippen LogP contribution >= 0.6 is 0 Å². The molecule has 1 aromatic carbocycles. The standard InChI is InChI=1S/C14H16N2O2/c1-10(2)8-15-13(17)12-9-16-14(18-12)11-6-4-3-5-7-11/h3-7,9-10H,8H2,1-2H3,(H,15,17). The summed E-state index contributed by atoms with van der Waals surface area (Å²) in [6, 6.07) is 9.50. The molecule has 94 valence electrons. The Hall–Kier alpha value is -2.10. The molecule has 2 rings (SSSR count). The van der Waals surface area contributed by atoms with E-state index in [-0.39, 0.29) is 11.7 Å². The van der Waals surface area contributed by atoms with Crippen molar-refractivity contribution in [1.29, 1.82) is 0 Å². The summed E-state index contributed by atoms with van der Waals surface area (Å²) in [5.74, 6) is 0.892. The Morgan fingerprint density at radius 2 is 2.06 bits per heavy atom. The van der Waals surface area contributed by atoms with E-state index in [0.717, 1.165) is 5.56 Å². The van der Waals surface area contributed by atoms with Gasteiger partial charge in [0.05, 0.1) is 6.20 Å². The average Bonchev–Trinajstić information content (AvgIpc) is 2.86. The van der Waals surface area contributed by atoms with Gasteiger partial charge in [0.15, 0.2) is 0 Å². The fraction of sp³-hybridized carbons (Fsp3) is 0.286. The van der Waals surface area contributed by atoms with Crippen molar-refractivity contribution in [3.8, 4) is 11.5 Å². The Labute approximate surface area is 106 Å². The van der Waals surface area contributed by atoms with Crippen LogP contribution in [-0.4, -0.2) is 17.4 Å². The highest BCUT2D eigenvalue weighted by atomic mass is 16.4. The molecule has 1 N–H and O–H groups in total. The number of rotatable bonds is 4. The van der Waals surface area contributed by atoms with E-state index < -0.39 is 0 Å². The lowest BCUT2D eigenvalue weighted by Gasteiger charge is -2.04. The summed E-state index contributed by atoms with van der Waals surface area (Å²) in [7, 11) is 0. The van der Waals surface area contributed by atoms with Crippen LogP contribution in [-0.2, 0) is 0 Å². The second kappa shape index (κ2) is 5.49. The number of hydrogen-bond acceptors (Lipinski definition) is 3. The minimum absolute atomic E-state index is 0.224. The van der Waals surface area contributed by atoms with Crippen LogP contribution in [0.3, 0.4) is 0 Å². The molecule has 0 spiro atoms. The SMILES string of the molecule is CC(C)CNC(=O)c1cnc(-c2ccccc2)o1. The molecule has 1 aromatic heterocycles. The van der Waals surface area contributed by atoms with Gasteiger partial charge in [-0.1, -0.05) is 32.0 Å². The van der Waals surface area contributed by atoms with E-state index in [0.29, 0.717) is 18.4 Å². The summed E-state index contributed by atoms with van der Waals surface area (Å²) < 4.78 is 5.44. The van der Waals surface area contributed by atoms with E-state index in [2.05, 4.69) is 10.3 Å². The van der Waals surface area contributed by atoms with Crippen molar-refractivity contribution < 1.29 is 9.21 Å². The molecule has 0 aliphatic carbocycles. The third-order valence-corrected chi connectivity index (χ3v) is 2.42. The first-order valence-corrected chi connectivity index (χ1v) is 5.96. The van der Waals surface area contributed by atoms with Gasteiger partial charge < -0.3 is 9.73 Å². The number of benzene rings is 1. The van der Waals surface area contributed by atoms with Crippen molar-refractivity contribution in [3.05, 3.63) is 42.3 Å². The molecular formula is C14H16N2O2. The molecule has 4 heteroatoms. The maximum absolute atomic E-state index is 11.7. The van der Waals surface area contributed by atoms with Crippen molar-refractivity contribution in [1.82, 2.24) is 10.3 Å². The van der Waals surface area contributed by atoms with Gasteiger partial charge in [-0.15, -0.1) is 0 Å². The highest BCUT2D eigenvalue weighted by molar-refractivity contribution is 5.91. The van der Waals surface area contributed by atoms with Gasteiger partial charge in [0, 0.05) is 12.1 Å². The lowest BCUT2D eigenvalue weighted by Crippen LogP contribution is -2.26. The van der Waals surface area contributed by atoms with Crippen LogP contribution in [0.15, 0.2) is 40.9 Å². The van der Waals surface area contributed by atoms with E-state index in [9.17, 15) is 4.79 Å². The summed E-state index contributed by atoms with van der Waals surface area (Å²) in [6.45, 7) is 4.70. The largest absolute Gasteiger partial charge is 0.431 e. The van der Waals surface area contributed by atoms with Gasteiger partial charge in [-0.25, -0.2) is 4.98 Å². The highest BCUT2D eigenvalue weighted by Gasteiger charge is 2.13. The van der Waals surface area contributed by atoms with E-state index >= 15 is 0 Å². The quantitative estimate of drug-likeness (QED) is 0.899. The first-order chi connectivity index (χ1) is 8.66. The fourth-order valence-corrected chi connectivity index (χ4v) is 1.48. The van der Waals surface area contributed by atoms with E-state index in [1.54, 1.807) is 0 Å². The van der Waals surface area contributed by atoms with Gasteiger partial charge in [0.2, 0.25) is 11.7 Å². The third kappa shape index (κ3) is 2.97. The summed E-state index contributed by atoms with van der Waals surface area (Å²) in [6.07, 6.45) is 1.46. The minimum Gasteiger partial charge on any atom is -0.431 e. The summed E-state index contributed by atoms with van der Waals surface area (Å²) in [5.41, 5.74) is 0.861. The first kappa shape index (κ1) is 12.4. The Morgan fingerprint density at radius 3 is 2.72 bits per heavy atom. The molecule has 18 heavy (non-hydrogen) atoms. The number of nitrogens with zero attached hydrogens (tertiary/aromatic N) is 1. The zero-order valence-electron chi connectivity index (χ0n) is 10.5. The Balaban J connectivity index is 2.09. The van der Waals surface area contributed by atoms with Crippen LogP contribution < -0.4 is 5.32 Å². The van der Waals surface area contributed by atoms with Crippen LogP contribution in [0.5, 0.6) is 0 Å². The molecule has 0 aliphatic heterocycles. The van der Waals surface area contributed by atoms with Gasteiger partial charge in [-0.2, -0.15) is 0 Å². The van der Waals surface area contributed by atoms with Gasteiger partial charge in [-0.3, -0.25) is 4.79 Å². The van der Waals surface area contributed by atoms with Crippen LogP contribution in [0.2, 0.25) is 0 Å². The first-order valence-electron chi connectivity index (χ1n) is 5.96. The molecule has 0 saturated carbocycles. The minimum atomic E-state index is -0.224. The number of nitrogens with one attached hydrogen (secondary N) is 1. The topological polar surface area (TPSA) is 55.1 Å². The molecular weight excluding hydrogens is 228 g/mol. The third-order valence-electron chi connectivity index (χ3n) is 2.42. The summed E-state index contributed by atoms with van der Waals surface area (Å²) in [5, 5.41) is 2.79. The van der Waals surface area contributed by atoms with Crippen LogP contribution in [0, 0.1) is 5.92 Å². The summed E-state index contributed by atoms with van der Waals surface area (Å²) >= 11 is 0. The Kier molecular flexibility index (Phi) is 3.77. The molecule has 0 saturated heterocycles. The van der Waals surface area contributed by atoms with Crippen molar-refractivity contribution in [2.75, 3.05) is 6.54 Å². The van der Waals surface area contributed by atoms with Gasteiger partial charge in [0.1, 0.15) is 0 Å². The molecule has 2 aromatic rings. The molecule has 0 fully saturated rings. The van der Waals surface area contributed by atoms with Crippen molar-refractivity contribution >= 4 is 5.91 Å². The van der Waals surface area contributed by atoms with Gasteiger partial charge in [-0.05, 0) is 18.1 Å². The molecule has 0 radical (unpaired) electrons. The number of aromatic nitrogens is 1. The molecule has 1 amide bonds. The zero-order valence-corrected chi connectivity index (χ0v) is 10.5. The van der Waals surface area contributed by atoms with Crippen LogP contribution in [0.4, 0.5) is 0 Å². The predicted molar refractivity (Wildman–Crippen MR) is 69.1 cm³/mol. The lowest BCUT2D eigenvalue weighted by molar-refractivity contribution is 0.0922. The average molecular weight is 244 g/mol. The molecule has 4 nitrogen and oxygen atoms in total. The molecule has 0 unspecified atom stereocenters. The maximum atomic E-state index is 11.7. The van der Waals surface area contributed by atoms with Crippen LogP contribution in [0.25, 0.3) is 11.5 Å². The highest BCUT2D eigenvalue weighted by Crippen LogP contribution is 2.18. The van der Waals surface area contributed by atoms with Crippen molar-refractivity contribution in [2.24, 2.45) is 5.92 Å². The Bertz CT molecular complexity index is 518. The van der Waals surface area contributed by atoms with E-state index in [1.165, 1.54) is 6.20 Å². The Morgan fingerprint density at radius 1 is 1.33 bits per heavy atom. The maximum Gasteiger partial charge on any atom is 0.288 e. The van der Waals surface area contributed by atoms with Crippen molar-refractivity contribution in [3.63, 3.8) is 0 Å². The monoisotopic (exact) mass is 244 g/mol. The lowest BCUT2D eigenvalue weighted by atomic mass is 10.2. The number of oxazole rings is 1. The van der Waals surface area contributed by atoms with Gasteiger partial charge >= 0.3 is 0 Å². The van der Waals surface area contributed by atoms with E-state index in [1.807, 2.05) is 44.2 Å². The molecule has 0 bridgehead atoms. The van der Waals surface area contributed by atoms with Crippen molar-refractivity contribution in [2.45, 2.75) is 13.8 Å². The fourth-order valence-electron chi connectivity index (χ4n) is 1.48. The molecule has 0 atom stereocenters. The number of carbonyl (C=O) groups excluding carboxylic acids is 1. The number of hydrogen-bond donors (Lipinski definition) is 1. The number of carbonyl (C=O) groups is 1. The van der Waals surface area contributed by atoms with Gasteiger partial charge in [0.25, 0.3) is 5.91 Å². The molecule has 1 heterocycles. The number of amides is 1. The normalized spacial score (nSPS) is 10.6.